The van der Waals surface area contributed by atoms with Crippen molar-refractivity contribution in [2.75, 3.05) is 46.9 Å². The van der Waals surface area contributed by atoms with E-state index in [-0.39, 0.29) is 23.8 Å². The topological polar surface area (TPSA) is 74.7 Å². The fraction of sp³-hybridized carbons (Fsp3) is 0.350. The highest BCUT2D eigenvalue weighted by molar-refractivity contribution is 6.40. The van der Waals surface area contributed by atoms with Gasteiger partial charge in [-0.3, -0.25) is 4.79 Å². The molecular formula is C20H26N4O4. The van der Waals surface area contributed by atoms with Crippen molar-refractivity contribution >= 4 is 23.3 Å². The van der Waals surface area contributed by atoms with Crippen LogP contribution in [0, 0.1) is 0 Å². The first-order chi connectivity index (χ1) is 13.3. The van der Waals surface area contributed by atoms with Gasteiger partial charge in [0.1, 0.15) is 17.0 Å². The van der Waals surface area contributed by atoms with Crippen LogP contribution in [0.3, 0.4) is 0 Å². The van der Waals surface area contributed by atoms with Gasteiger partial charge in [-0.2, -0.15) is 10.1 Å². The first kappa shape index (κ1) is 21.0. The lowest BCUT2D eigenvalue weighted by Crippen LogP contribution is -2.24. The third kappa shape index (κ3) is 4.70. The maximum absolute atomic E-state index is 13.1. The van der Waals surface area contributed by atoms with Crippen molar-refractivity contribution in [2.24, 2.45) is 5.10 Å². The number of nitrogens with zero attached hydrogens (tertiary/aromatic N) is 4. The average Bonchev–Trinajstić information content (AvgIpc) is 2.95. The van der Waals surface area contributed by atoms with Gasteiger partial charge in [0, 0.05) is 40.6 Å². The van der Waals surface area contributed by atoms with Crippen molar-refractivity contribution in [1.29, 1.82) is 0 Å². The van der Waals surface area contributed by atoms with Crippen LogP contribution in [0.4, 0.5) is 5.69 Å². The van der Waals surface area contributed by atoms with Crippen molar-refractivity contribution in [3.8, 4) is 5.75 Å². The standard InChI is InChI=1S/C20H26N4O4/c1-7-28-20(26)17(13-23(4)5)18-16(12-22(2)3)19(25)24(21-18)14-8-10-15(27-6)11-9-14/h8-13H,7H2,1-6H3. The van der Waals surface area contributed by atoms with Crippen LogP contribution in [-0.4, -0.2) is 69.3 Å². The summed E-state index contributed by atoms with van der Waals surface area (Å²) in [5, 5.41) is 5.73. The fourth-order valence-electron chi connectivity index (χ4n) is 2.56. The summed E-state index contributed by atoms with van der Waals surface area (Å²) in [4.78, 5) is 29.1. The molecule has 0 saturated heterocycles. The number of anilines is 1. The van der Waals surface area contributed by atoms with Gasteiger partial charge < -0.3 is 19.3 Å². The third-order valence-electron chi connectivity index (χ3n) is 3.72. The van der Waals surface area contributed by atoms with Crippen molar-refractivity contribution in [2.45, 2.75) is 6.92 Å². The van der Waals surface area contributed by atoms with Crippen LogP contribution in [0.2, 0.25) is 0 Å². The molecule has 150 valence electrons. The minimum Gasteiger partial charge on any atom is -0.497 e. The second kappa shape index (κ2) is 9.07. The number of carbonyl (C=O) groups is 2. The predicted octanol–water partition coefficient (Wildman–Crippen LogP) is 1.85. The van der Waals surface area contributed by atoms with Crippen molar-refractivity contribution in [1.82, 2.24) is 9.80 Å². The SMILES string of the molecule is CCOC(=O)C(=CN(C)C)C1=NN(c2ccc(OC)cc2)C(=O)C1=CN(C)C. The van der Waals surface area contributed by atoms with Crippen molar-refractivity contribution in [3.63, 3.8) is 0 Å². The van der Waals surface area contributed by atoms with Gasteiger partial charge in [-0.15, -0.1) is 0 Å². The predicted molar refractivity (Wildman–Crippen MR) is 108 cm³/mol. The second-order valence-corrected chi connectivity index (χ2v) is 6.50. The Kier molecular flexibility index (Phi) is 6.81. The number of esters is 1. The van der Waals surface area contributed by atoms with Gasteiger partial charge in [0.15, 0.2) is 0 Å². The minimum absolute atomic E-state index is 0.212. The van der Waals surface area contributed by atoms with Crippen LogP contribution < -0.4 is 9.75 Å². The van der Waals surface area contributed by atoms with Gasteiger partial charge in [-0.25, -0.2) is 4.79 Å². The molecule has 8 heteroatoms. The molecule has 0 spiro atoms. The molecule has 28 heavy (non-hydrogen) atoms. The Hall–Kier alpha value is -3.29. The first-order valence-corrected chi connectivity index (χ1v) is 8.80. The number of hydrazone groups is 1. The Morgan fingerprint density at radius 1 is 1.14 bits per heavy atom. The lowest BCUT2D eigenvalue weighted by Gasteiger charge is -2.13. The number of benzene rings is 1. The van der Waals surface area contributed by atoms with Crippen LogP contribution in [0.1, 0.15) is 6.92 Å². The molecule has 1 heterocycles. The number of carbonyl (C=O) groups excluding carboxylic acids is 2. The third-order valence-corrected chi connectivity index (χ3v) is 3.72. The van der Waals surface area contributed by atoms with Gasteiger partial charge in [-0.1, -0.05) is 0 Å². The lowest BCUT2D eigenvalue weighted by molar-refractivity contribution is -0.137. The number of hydrogen-bond donors (Lipinski definition) is 0. The summed E-state index contributed by atoms with van der Waals surface area (Å²) in [6.07, 6.45) is 3.25. The summed E-state index contributed by atoms with van der Waals surface area (Å²) in [7, 11) is 8.74. The smallest absolute Gasteiger partial charge is 0.341 e. The van der Waals surface area contributed by atoms with E-state index in [9.17, 15) is 9.59 Å². The molecular weight excluding hydrogens is 360 g/mol. The summed E-state index contributed by atoms with van der Waals surface area (Å²) in [5.41, 5.74) is 1.35. The highest BCUT2D eigenvalue weighted by Gasteiger charge is 2.36. The molecule has 0 atom stereocenters. The van der Waals surface area contributed by atoms with E-state index in [2.05, 4.69) is 5.10 Å². The molecule has 0 radical (unpaired) electrons. The van der Waals surface area contributed by atoms with E-state index in [4.69, 9.17) is 9.47 Å². The highest BCUT2D eigenvalue weighted by Crippen LogP contribution is 2.28. The lowest BCUT2D eigenvalue weighted by atomic mass is 10.0. The summed E-state index contributed by atoms with van der Waals surface area (Å²) < 4.78 is 10.3. The van der Waals surface area contributed by atoms with Gasteiger partial charge in [-0.05, 0) is 31.2 Å². The van der Waals surface area contributed by atoms with Gasteiger partial charge in [0.05, 0.1) is 25.0 Å². The maximum Gasteiger partial charge on any atom is 0.341 e. The average molecular weight is 386 g/mol. The molecule has 2 rings (SSSR count). The monoisotopic (exact) mass is 386 g/mol. The van der Waals surface area contributed by atoms with Crippen LogP contribution >= 0.6 is 0 Å². The molecule has 1 aliphatic rings. The zero-order valence-corrected chi connectivity index (χ0v) is 17.1. The van der Waals surface area contributed by atoms with E-state index >= 15 is 0 Å². The largest absolute Gasteiger partial charge is 0.497 e. The zero-order valence-electron chi connectivity index (χ0n) is 17.1. The van der Waals surface area contributed by atoms with E-state index in [1.165, 1.54) is 5.01 Å². The quantitative estimate of drug-likeness (QED) is 0.526. The van der Waals surface area contributed by atoms with Crippen LogP contribution in [0.5, 0.6) is 5.75 Å². The normalized spacial score (nSPS) is 15.6. The molecule has 0 aliphatic carbocycles. The van der Waals surface area contributed by atoms with Crippen LogP contribution in [-0.2, 0) is 14.3 Å². The molecule has 8 nitrogen and oxygen atoms in total. The molecule has 1 aliphatic heterocycles. The Morgan fingerprint density at radius 2 is 1.79 bits per heavy atom. The minimum atomic E-state index is -0.538. The van der Waals surface area contributed by atoms with Gasteiger partial charge in [0.25, 0.3) is 5.91 Å². The van der Waals surface area contributed by atoms with E-state index in [1.807, 2.05) is 0 Å². The van der Waals surface area contributed by atoms with E-state index < -0.39 is 5.97 Å². The molecule has 0 unspecified atom stereocenters. The summed E-state index contributed by atoms with van der Waals surface area (Å²) >= 11 is 0. The maximum atomic E-state index is 13.1. The molecule has 0 aromatic heterocycles. The van der Waals surface area contributed by atoms with E-state index in [0.29, 0.717) is 17.0 Å². The van der Waals surface area contributed by atoms with E-state index in [1.54, 1.807) is 88.7 Å². The Morgan fingerprint density at radius 3 is 2.29 bits per heavy atom. The Balaban J connectivity index is 2.57. The van der Waals surface area contributed by atoms with Crippen LogP contribution in [0.25, 0.3) is 0 Å². The Labute approximate surface area is 165 Å². The number of hydrogen-bond acceptors (Lipinski definition) is 7. The van der Waals surface area contributed by atoms with Crippen molar-refractivity contribution < 1.29 is 19.1 Å². The number of rotatable bonds is 7. The first-order valence-electron chi connectivity index (χ1n) is 8.80. The molecule has 0 saturated carbocycles. The molecule has 0 N–H and O–H groups in total. The number of ether oxygens (including phenoxy) is 2. The van der Waals surface area contributed by atoms with Gasteiger partial charge >= 0.3 is 5.97 Å². The second-order valence-electron chi connectivity index (χ2n) is 6.50. The summed E-state index contributed by atoms with van der Waals surface area (Å²) in [6.45, 7) is 1.95. The molecule has 0 fully saturated rings. The molecule has 1 aromatic carbocycles. The fourth-order valence-corrected chi connectivity index (χ4v) is 2.56. The number of methoxy groups -OCH3 is 1. The zero-order chi connectivity index (χ0) is 20.8. The highest BCUT2D eigenvalue weighted by atomic mass is 16.5. The molecule has 1 aromatic rings. The Bertz CT molecular complexity index is 823. The van der Waals surface area contributed by atoms with E-state index in [0.717, 1.165) is 0 Å². The van der Waals surface area contributed by atoms with Crippen molar-refractivity contribution in [3.05, 3.63) is 47.8 Å². The summed E-state index contributed by atoms with van der Waals surface area (Å²) in [5.74, 6) is -0.199. The molecule has 1 amide bonds. The number of amides is 1. The molecule has 0 bridgehead atoms. The summed E-state index contributed by atoms with van der Waals surface area (Å²) in [6, 6.07) is 6.95. The van der Waals surface area contributed by atoms with Crippen LogP contribution in [0.15, 0.2) is 52.9 Å². The van der Waals surface area contributed by atoms with Gasteiger partial charge in [0.2, 0.25) is 0 Å².